The number of aromatic nitrogens is 1. The Morgan fingerprint density at radius 2 is 2.04 bits per heavy atom. The summed E-state index contributed by atoms with van der Waals surface area (Å²) < 4.78 is 7.49. The Labute approximate surface area is 158 Å². The Kier molecular flexibility index (Phi) is 7.17. The lowest BCUT2D eigenvalue weighted by molar-refractivity contribution is 0.0376. The lowest BCUT2D eigenvalue weighted by Crippen LogP contribution is -2.38. The predicted molar refractivity (Wildman–Crippen MR) is 106 cm³/mol. The van der Waals surface area contributed by atoms with E-state index < -0.39 is 0 Å². The fourth-order valence-corrected chi connectivity index (χ4v) is 3.72. The van der Waals surface area contributed by atoms with Crippen LogP contribution in [0.25, 0.3) is 0 Å². The molecule has 134 valence electrons. The van der Waals surface area contributed by atoms with Gasteiger partial charge in [-0.2, -0.15) is 4.99 Å². The van der Waals surface area contributed by atoms with Crippen LogP contribution in [-0.4, -0.2) is 54.0 Å². The number of thiazole rings is 1. The quantitative estimate of drug-likeness (QED) is 0.619. The van der Waals surface area contributed by atoms with E-state index in [1.807, 2.05) is 11.4 Å². The fraction of sp³-hybridized carbons (Fsp3) is 0.444. The third kappa shape index (κ3) is 6.04. The topological polar surface area (TPSA) is 41.8 Å². The highest BCUT2D eigenvalue weighted by Crippen LogP contribution is 2.02. The van der Waals surface area contributed by atoms with Crippen molar-refractivity contribution in [2.24, 2.45) is 4.99 Å². The first-order valence-electron chi connectivity index (χ1n) is 8.62. The van der Waals surface area contributed by atoms with Crippen molar-refractivity contribution < 1.29 is 4.74 Å². The molecule has 0 amide bonds. The maximum Gasteiger partial charge on any atom is 0.195 e. The molecule has 3 rings (SSSR count). The zero-order chi connectivity index (χ0) is 17.3. The average Bonchev–Trinajstić information content (AvgIpc) is 3.07. The van der Waals surface area contributed by atoms with E-state index in [1.54, 1.807) is 11.3 Å². The summed E-state index contributed by atoms with van der Waals surface area (Å²) in [5.74, 6) is 0. The van der Waals surface area contributed by atoms with Gasteiger partial charge in [0, 0.05) is 37.8 Å². The minimum absolute atomic E-state index is 0.561. The maximum atomic E-state index is 5.38. The van der Waals surface area contributed by atoms with E-state index in [-0.39, 0.29) is 0 Å². The molecule has 0 aliphatic carbocycles. The van der Waals surface area contributed by atoms with Crippen molar-refractivity contribution in [2.45, 2.75) is 13.0 Å². The molecular formula is C18H24N4OS2. The zero-order valence-corrected chi connectivity index (χ0v) is 15.9. The Hall–Kier alpha value is -1.54. The van der Waals surface area contributed by atoms with Gasteiger partial charge >= 0.3 is 0 Å². The number of nitrogens with one attached hydrogen (secondary N) is 1. The molecule has 0 spiro atoms. The second-order valence-electron chi connectivity index (χ2n) is 5.95. The van der Waals surface area contributed by atoms with Crippen LogP contribution in [0.5, 0.6) is 0 Å². The monoisotopic (exact) mass is 376 g/mol. The van der Waals surface area contributed by atoms with Gasteiger partial charge < -0.3 is 14.6 Å². The minimum atomic E-state index is 0.561. The Bertz CT molecular complexity index is 720. The normalized spacial score (nSPS) is 16.1. The van der Waals surface area contributed by atoms with Crippen molar-refractivity contribution in [1.29, 1.82) is 0 Å². The lowest BCUT2D eigenvalue weighted by Gasteiger charge is -2.26. The van der Waals surface area contributed by atoms with Crippen molar-refractivity contribution in [3.8, 4) is 0 Å². The third-order valence-corrected chi connectivity index (χ3v) is 5.11. The summed E-state index contributed by atoms with van der Waals surface area (Å²) in [6.45, 7) is 6.49. The van der Waals surface area contributed by atoms with Gasteiger partial charge in [0.15, 0.2) is 9.91 Å². The van der Waals surface area contributed by atoms with Crippen LogP contribution in [0.2, 0.25) is 0 Å². The van der Waals surface area contributed by atoms with Gasteiger partial charge in [-0.05, 0) is 30.7 Å². The highest BCUT2D eigenvalue weighted by Gasteiger charge is 2.09. The molecule has 2 aromatic rings. The predicted octanol–water partition coefficient (Wildman–Crippen LogP) is 2.10. The molecule has 1 aliphatic rings. The first-order valence-corrected chi connectivity index (χ1v) is 9.90. The van der Waals surface area contributed by atoms with E-state index in [9.17, 15) is 0 Å². The zero-order valence-electron chi connectivity index (χ0n) is 14.3. The largest absolute Gasteiger partial charge is 0.379 e. The van der Waals surface area contributed by atoms with Crippen LogP contribution in [0.1, 0.15) is 12.0 Å². The van der Waals surface area contributed by atoms with Crippen LogP contribution >= 0.6 is 23.6 Å². The average molecular weight is 377 g/mol. The van der Waals surface area contributed by atoms with Crippen molar-refractivity contribution in [3.63, 3.8) is 0 Å². The van der Waals surface area contributed by atoms with E-state index in [2.05, 4.69) is 50.2 Å². The number of hydrogen-bond donors (Lipinski definition) is 1. The molecule has 5 nitrogen and oxygen atoms in total. The van der Waals surface area contributed by atoms with Crippen LogP contribution in [0.15, 0.2) is 46.9 Å². The summed E-state index contributed by atoms with van der Waals surface area (Å²) in [6, 6.07) is 10.4. The molecule has 1 aromatic carbocycles. The summed E-state index contributed by atoms with van der Waals surface area (Å²) >= 11 is 6.98. The summed E-state index contributed by atoms with van der Waals surface area (Å²) in [5, 5.41) is 5.86. The summed E-state index contributed by atoms with van der Waals surface area (Å²) in [5.41, 5.74) is 1.26. The van der Waals surface area contributed by atoms with Crippen LogP contribution in [0.3, 0.4) is 0 Å². The molecule has 1 aromatic heterocycles. The number of morpholine rings is 1. The van der Waals surface area contributed by atoms with E-state index in [1.165, 1.54) is 5.56 Å². The molecule has 0 unspecified atom stereocenters. The van der Waals surface area contributed by atoms with E-state index in [0.717, 1.165) is 57.2 Å². The molecule has 0 radical (unpaired) electrons. The minimum Gasteiger partial charge on any atom is -0.379 e. The third-order valence-electron chi connectivity index (χ3n) is 4.08. The molecule has 1 fully saturated rings. The van der Waals surface area contributed by atoms with Gasteiger partial charge in [0.2, 0.25) is 0 Å². The smallest absolute Gasteiger partial charge is 0.195 e. The number of ether oxygens (including phenoxy) is 1. The molecule has 0 bridgehead atoms. The molecule has 25 heavy (non-hydrogen) atoms. The number of nitrogens with zero attached hydrogens (tertiary/aromatic N) is 3. The fourth-order valence-electron chi connectivity index (χ4n) is 2.74. The van der Waals surface area contributed by atoms with E-state index in [0.29, 0.717) is 5.11 Å². The number of hydrogen-bond acceptors (Lipinski definition) is 4. The Balaban J connectivity index is 1.47. The standard InChI is InChI=1S/C18H24N4OS2/c24-17(19-7-4-8-21-9-12-23-13-10-21)20-18-22(11-14-25-18)15-16-5-2-1-3-6-16/h1-3,5-6,11,14H,4,7-10,12-13,15H2,(H,19,24)/b20-18-. The lowest BCUT2D eigenvalue weighted by atomic mass is 10.2. The van der Waals surface area contributed by atoms with Gasteiger partial charge in [0.05, 0.1) is 13.2 Å². The summed E-state index contributed by atoms with van der Waals surface area (Å²) in [6.07, 6.45) is 3.11. The molecule has 1 saturated heterocycles. The van der Waals surface area contributed by atoms with Crippen LogP contribution in [0.4, 0.5) is 0 Å². The van der Waals surface area contributed by atoms with Crippen molar-refractivity contribution in [1.82, 2.24) is 14.8 Å². The van der Waals surface area contributed by atoms with Gasteiger partial charge in [-0.25, -0.2) is 0 Å². The SMILES string of the molecule is S=C(/N=c1\sccn1Cc1ccccc1)NCCCN1CCOCC1. The van der Waals surface area contributed by atoms with Gasteiger partial charge in [-0.3, -0.25) is 4.90 Å². The van der Waals surface area contributed by atoms with Crippen molar-refractivity contribution in [2.75, 3.05) is 39.4 Å². The van der Waals surface area contributed by atoms with Crippen molar-refractivity contribution in [3.05, 3.63) is 52.3 Å². The molecular weight excluding hydrogens is 352 g/mol. The number of rotatable bonds is 6. The molecule has 1 aliphatic heterocycles. The van der Waals surface area contributed by atoms with E-state index >= 15 is 0 Å². The molecule has 7 heteroatoms. The second-order valence-corrected chi connectivity index (χ2v) is 7.21. The van der Waals surface area contributed by atoms with Gasteiger partial charge in [0.25, 0.3) is 0 Å². The van der Waals surface area contributed by atoms with Gasteiger partial charge in [0.1, 0.15) is 0 Å². The molecule has 2 heterocycles. The summed E-state index contributed by atoms with van der Waals surface area (Å²) in [7, 11) is 0. The van der Waals surface area contributed by atoms with E-state index in [4.69, 9.17) is 17.0 Å². The second kappa shape index (κ2) is 9.82. The Morgan fingerprint density at radius 3 is 2.84 bits per heavy atom. The first kappa shape index (κ1) is 18.3. The molecule has 0 saturated carbocycles. The highest BCUT2D eigenvalue weighted by molar-refractivity contribution is 7.80. The van der Waals surface area contributed by atoms with Crippen LogP contribution < -0.4 is 10.1 Å². The van der Waals surface area contributed by atoms with Crippen LogP contribution in [-0.2, 0) is 11.3 Å². The van der Waals surface area contributed by atoms with Crippen molar-refractivity contribution >= 4 is 28.7 Å². The molecule has 0 atom stereocenters. The van der Waals surface area contributed by atoms with Gasteiger partial charge in [-0.15, -0.1) is 11.3 Å². The van der Waals surface area contributed by atoms with Gasteiger partial charge in [-0.1, -0.05) is 30.3 Å². The summed E-state index contributed by atoms with van der Waals surface area (Å²) in [4.78, 5) is 7.92. The number of benzene rings is 1. The number of thiocarbonyl (C=S) groups is 1. The Morgan fingerprint density at radius 1 is 1.24 bits per heavy atom. The highest BCUT2D eigenvalue weighted by atomic mass is 32.1. The maximum absolute atomic E-state index is 5.38. The van der Waals surface area contributed by atoms with Crippen LogP contribution in [0, 0.1) is 0 Å². The molecule has 1 N–H and O–H groups in total. The first-order chi connectivity index (χ1) is 12.3.